The second-order valence-electron chi connectivity index (χ2n) is 5.54. The zero-order chi connectivity index (χ0) is 16.1. The van der Waals surface area contributed by atoms with Gasteiger partial charge in [0.15, 0.2) is 0 Å². The Balaban J connectivity index is 1.86. The van der Waals surface area contributed by atoms with E-state index < -0.39 is 0 Å². The Morgan fingerprint density at radius 3 is 2.35 bits per heavy atom. The molecular formula is C18H19ClFN3. The number of piperazine rings is 1. The van der Waals surface area contributed by atoms with Crippen LogP contribution in [0.1, 0.15) is 5.56 Å². The van der Waals surface area contributed by atoms with Gasteiger partial charge in [0.25, 0.3) is 0 Å². The van der Waals surface area contributed by atoms with Crippen LogP contribution in [0.15, 0.2) is 53.5 Å². The van der Waals surface area contributed by atoms with Crippen LogP contribution < -0.4 is 5.32 Å². The Morgan fingerprint density at radius 1 is 1.04 bits per heavy atom. The van der Waals surface area contributed by atoms with Gasteiger partial charge in [-0.3, -0.25) is 0 Å². The van der Waals surface area contributed by atoms with Gasteiger partial charge in [0, 0.05) is 37.6 Å². The van der Waals surface area contributed by atoms with Crippen molar-refractivity contribution in [2.45, 2.75) is 6.42 Å². The van der Waals surface area contributed by atoms with E-state index >= 15 is 0 Å². The van der Waals surface area contributed by atoms with E-state index in [-0.39, 0.29) is 5.82 Å². The molecule has 3 nitrogen and oxygen atoms in total. The van der Waals surface area contributed by atoms with E-state index in [2.05, 4.69) is 10.2 Å². The molecule has 3 rings (SSSR count). The van der Waals surface area contributed by atoms with Gasteiger partial charge in [-0.05, 0) is 42.0 Å². The molecule has 0 saturated carbocycles. The van der Waals surface area contributed by atoms with Gasteiger partial charge in [-0.2, -0.15) is 0 Å². The molecule has 0 amide bonds. The highest BCUT2D eigenvalue weighted by molar-refractivity contribution is 6.30. The highest BCUT2D eigenvalue weighted by Crippen LogP contribution is 2.17. The van der Waals surface area contributed by atoms with Crippen LogP contribution in [0, 0.1) is 5.82 Å². The molecule has 0 aliphatic carbocycles. The highest BCUT2D eigenvalue weighted by Gasteiger charge is 2.15. The van der Waals surface area contributed by atoms with E-state index in [0.717, 1.165) is 54.7 Å². The topological polar surface area (TPSA) is 27.6 Å². The maximum absolute atomic E-state index is 13.1. The SMILES string of the molecule is Fc1ccc(N=C(Cc2ccc(Cl)cc2)N2CCNCC2)cc1. The average Bonchev–Trinajstić information content (AvgIpc) is 2.59. The summed E-state index contributed by atoms with van der Waals surface area (Å²) < 4.78 is 13.1. The normalized spacial score (nSPS) is 15.7. The Bertz CT molecular complexity index is 662. The zero-order valence-electron chi connectivity index (χ0n) is 12.8. The third-order valence-electron chi connectivity index (χ3n) is 3.84. The number of aliphatic imine (C=N–C) groups is 1. The van der Waals surface area contributed by atoms with Crippen molar-refractivity contribution in [3.05, 3.63) is 64.9 Å². The summed E-state index contributed by atoms with van der Waals surface area (Å²) >= 11 is 5.96. The number of rotatable bonds is 3. The number of hydrogen-bond acceptors (Lipinski definition) is 2. The molecular weight excluding hydrogens is 313 g/mol. The minimum atomic E-state index is -0.245. The lowest BCUT2D eigenvalue weighted by Gasteiger charge is -2.30. The lowest BCUT2D eigenvalue weighted by molar-refractivity contribution is 0.353. The molecule has 0 aromatic heterocycles. The molecule has 120 valence electrons. The van der Waals surface area contributed by atoms with Crippen LogP contribution in [-0.4, -0.2) is 36.9 Å². The average molecular weight is 332 g/mol. The van der Waals surface area contributed by atoms with Crippen LogP contribution in [0.4, 0.5) is 10.1 Å². The predicted octanol–water partition coefficient (Wildman–Crippen LogP) is 3.66. The van der Waals surface area contributed by atoms with Crippen molar-refractivity contribution < 1.29 is 4.39 Å². The van der Waals surface area contributed by atoms with Gasteiger partial charge in [-0.15, -0.1) is 0 Å². The Hall–Kier alpha value is -1.91. The molecule has 1 heterocycles. The lowest BCUT2D eigenvalue weighted by Crippen LogP contribution is -2.47. The van der Waals surface area contributed by atoms with Crippen molar-refractivity contribution in [3.8, 4) is 0 Å². The molecule has 2 aromatic carbocycles. The van der Waals surface area contributed by atoms with Crippen molar-refractivity contribution in [1.29, 1.82) is 0 Å². The lowest BCUT2D eigenvalue weighted by atomic mass is 10.1. The van der Waals surface area contributed by atoms with Crippen LogP contribution in [-0.2, 0) is 6.42 Å². The minimum absolute atomic E-state index is 0.245. The summed E-state index contributed by atoms with van der Waals surface area (Å²) in [7, 11) is 0. The largest absolute Gasteiger partial charge is 0.357 e. The van der Waals surface area contributed by atoms with Gasteiger partial charge in [0.1, 0.15) is 11.7 Å². The van der Waals surface area contributed by atoms with E-state index in [9.17, 15) is 4.39 Å². The Morgan fingerprint density at radius 2 is 1.70 bits per heavy atom. The second kappa shape index (κ2) is 7.57. The molecule has 1 N–H and O–H groups in total. The number of amidine groups is 1. The summed E-state index contributed by atoms with van der Waals surface area (Å²) in [5.41, 5.74) is 1.93. The second-order valence-corrected chi connectivity index (χ2v) is 5.98. The molecule has 0 atom stereocenters. The van der Waals surface area contributed by atoms with Crippen LogP contribution in [0.25, 0.3) is 0 Å². The van der Waals surface area contributed by atoms with Crippen molar-refractivity contribution in [1.82, 2.24) is 10.2 Å². The molecule has 0 bridgehead atoms. The quantitative estimate of drug-likeness (QED) is 0.686. The van der Waals surface area contributed by atoms with E-state index in [1.165, 1.54) is 12.1 Å². The van der Waals surface area contributed by atoms with Crippen LogP contribution in [0.2, 0.25) is 5.02 Å². The van der Waals surface area contributed by atoms with Crippen molar-refractivity contribution in [2.24, 2.45) is 4.99 Å². The van der Waals surface area contributed by atoms with E-state index in [0.29, 0.717) is 0 Å². The minimum Gasteiger partial charge on any atom is -0.357 e. The summed E-state index contributed by atoms with van der Waals surface area (Å²) in [6.45, 7) is 3.74. The maximum atomic E-state index is 13.1. The summed E-state index contributed by atoms with van der Waals surface area (Å²) in [5, 5.41) is 4.08. The first-order valence-electron chi connectivity index (χ1n) is 7.74. The summed E-state index contributed by atoms with van der Waals surface area (Å²) in [5.74, 6) is 0.755. The summed E-state index contributed by atoms with van der Waals surface area (Å²) in [6, 6.07) is 14.1. The first kappa shape index (κ1) is 16.0. The molecule has 23 heavy (non-hydrogen) atoms. The predicted molar refractivity (Wildman–Crippen MR) is 93.1 cm³/mol. The fraction of sp³-hybridized carbons (Fsp3) is 0.278. The van der Waals surface area contributed by atoms with Crippen molar-refractivity contribution in [2.75, 3.05) is 26.2 Å². The monoisotopic (exact) mass is 331 g/mol. The standard InChI is InChI=1S/C18H19ClFN3/c19-15-3-1-14(2-4-15)13-18(23-11-9-21-10-12-23)22-17-7-5-16(20)6-8-17/h1-8,21H,9-13H2. The van der Waals surface area contributed by atoms with Crippen LogP contribution in [0.5, 0.6) is 0 Å². The van der Waals surface area contributed by atoms with Gasteiger partial charge in [0.2, 0.25) is 0 Å². The zero-order valence-corrected chi connectivity index (χ0v) is 13.6. The van der Waals surface area contributed by atoms with Gasteiger partial charge in [0.05, 0.1) is 5.69 Å². The molecule has 0 spiro atoms. The number of nitrogens with zero attached hydrogens (tertiary/aromatic N) is 2. The summed E-state index contributed by atoms with van der Waals surface area (Å²) in [6.07, 6.45) is 0.731. The molecule has 1 saturated heterocycles. The third kappa shape index (κ3) is 4.53. The molecule has 2 aromatic rings. The number of hydrogen-bond donors (Lipinski definition) is 1. The molecule has 1 aliphatic rings. The third-order valence-corrected chi connectivity index (χ3v) is 4.09. The molecule has 0 radical (unpaired) electrons. The molecule has 5 heteroatoms. The Kier molecular flexibility index (Phi) is 5.26. The molecule has 0 unspecified atom stereocenters. The maximum Gasteiger partial charge on any atom is 0.123 e. The number of nitrogens with one attached hydrogen (secondary N) is 1. The van der Waals surface area contributed by atoms with E-state index in [1.807, 2.05) is 24.3 Å². The van der Waals surface area contributed by atoms with Crippen molar-refractivity contribution >= 4 is 23.1 Å². The first-order valence-corrected chi connectivity index (χ1v) is 8.12. The fourth-order valence-corrected chi connectivity index (χ4v) is 2.72. The first-order chi connectivity index (χ1) is 11.2. The Labute approximate surface area is 140 Å². The molecule has 1 aliphatic heterocycles. The number of halogens is 2. The smallest absolute Gasteiger partial charge is 0.123 e. The fourth-order valence-electron chi connectivity index (χ4n) is 2.59. The van der Waals surface area contributed by atoms with Crippen LogP contribution in [0.3, 0.4) is 0 Å². The van der Waals surface area contributed by atoms with Gasteiger partial charge in [-0.1, -0.05) is 23.7 Å². The summed E-state index contributed by atoms with van der Waals surface area (Å²) in [4.78, 5) is 7.04. The molecule has 1 fully saturated rings. The number of benzene rings is 2. The highest BCUT2D eigenvalue weighted by atomic mass is 35.5. The van der Waals surface area contributed by atoms with Gasteiger partial charge >= 0.3 is 0 Å². The van der Waals surface area contributed by atoms with Crippen molar-refractivity contribution in [3.63, 3.8) is 0 Å². The van der Waals surface area contributed by atoms with E-state index in [1.54, 1.807) is 12.1 Å². The van der Waals surface area contributed by atoms with Gasteiger partial charge in [-0.25, -0.2) is 9.38 Å². The van der Waals surface area contributed by atoms with E-state index in [4.69, 9.17) is 16.6 Å². The van der Waals surface area contributed by atoms with Crippen LogP contribution >= 0.6 is 11.6 Å². The van der Waals surface area contributed by atoms with Gasteiger partial charge < -0.3 is 10.2 Å².